The van der Waals surface area contributed by atoms with E-state index in [4.69, 9.17) is 0 Å². The maximum atomic E-state index is 10.4. The second-order valence-corrected chi connectivity index (χ2v) is 1.59. The van der Waals surface area contributed by atoms with E-state index in [1.54, 1.807) is 26.2 Å². The molecule has 0 aromatic carbocycles. The molecule has 8 heavy (non-hydrogen) atoms. The number of carbonyl (C=O) groups is 1. The summed E-state index contributed by atoms with van der Waals surface area (Å²) in [6.07, 6.45) is 0. The summed E-state index contributed by atoms with van der Waals surface area (Å²) in [5.41, 5.74) is 2.48. The van der Waals surface area contributed by atoms with Gasteiger partial charge in [0.2, 0.25) is 0 Å². The number of rotatable bonds is 1. The number of nitrogens with zero attached hydrogens (tertiary/aromatic N) is 1. The van der Waals surface area contributed by atoms with Gasteiger partial charge in [-0.15, -0.1) is 0 Å². The fourth-order valence-electron chi connectivity index (χ4n) is 0.259. The van der Waals surface area contributed by atoms with Crippen molar-refractivity contribution in [1.82, 2.24) is 15.8 Å². The third kappa shape index (κ3) is 3.42. The number of hydrogen-bond donors (Lipinski definition) is 2. The molecule has 0 aliphatic heterocycles. The molecule has 0 spiro atoms. The van der Waals surface area contributed by atoms with Crippen molar-refractivity contribution in [2.75, 3.05) is 21.1 Å². The highest BCUT2D eigenvalue weighted by atomic mass is 16.2. The molecular formula is C4H11N3O. The lowest BCUT2D eigenvalue weighted by molar-refractivity contribution is 0.214. The highest BCUT2D eigenvalue weighted by Crippen LogP contribution is 1.62. The molecule has 0 aromatic rings. The van der Waals surface area contributed by atoms with Crippen LogP contribution in [-0.2, 0) is 0 Å². The van der Waals surface area contributed by atoms with E-state index in [1.165, 1.54) is 0 Å². The zero-order valence-corrected chi connectivity index (χ0v) is 5.36. The Kier molecular flexibility index (Phi) is 2.95. The molecule has 48 valence electrons. The van der Waals surface area contributed by atoms with Crippen LogP contribution in [0.5, 0.6) is 0 Å². The van der Waals surface area contributed by atoms with Gasteiger partial charge in [-0.25, -0.2) is 9.80 Å². The minimum absolute atomic E-state index is 0.199. The van der Waals surface area contributed by atoms with Gasteiger partial charge < -0.3 is 5.32 Å². The Morgan fingerprint density at radius 2 is 2.00 bits per heavy atom. The van der Waals surface area contributed by atoms with Crippen LogP contribution in [0.25, 0.3) is 0 Å². The van der Waals surface area contributed by atoms with Gasteiger partial charge in [-0.2, -0.15) is 0 Å². The van der Waals surface area contributed by atoms with Gasteiger partial charge in [0, 0.05) is 21.1 Å². The number of hydrazine groups is 1. The Bertz CT molecular complexity index is 81.4. The first-order valence-electron chi connectivity index (χ1n) is 2.32. The second-order valence-electron chi connectivity index (χ2n) is 1.59. The summed E-state index contributed by atoms with van der Waals surface area (Å²) in [5, 5.41) is 3.97. The standard InChI is InChI=1S/C4H11N3O/c1-5-4(8)6-7(2)3/h1-3H3,(H2,5,6,8). The van der Waals surface area contributed by atoms with Crippen molar-refractivity contribution in [3.05, 3.63) is 0 Å². The van der Waals surface area contributed by atoms with Gasteiger partial charge in [-0.1, -0.05) is 0 Å². The molecule has 0 heterocycles. The molecule has 0 saturated carbocycles. The molecular weight excluding hydrogens is 106 g/mol. The molecule has 0 unspecified atom stereocenters. The van der Waals surface area contributed by atoms with Crippen LogP contribution in [0.3, 0.4) is 0 Å². The summed E-state index contributed by atoms with van der Waals surface area (Å²) >= 11 is 0. The molecule has 0 saturated heterocycles. The van der Waals surface area contributed by atoms with Gasteiger partial charge in [0.05, 0.1) is 0 Å². The largest absolute Gasteiger partial charge is 0.340 e. The van der Waals surface area contributed by atoms with Crippen molar-refractivity contribution in [3.63, 3.8) is 0 Å². The van der Waals surface area contributed by atoms with Crippen molar-refractivity contribution in [2.45, 2.75) is 0 Å². The quantitative estimate of drug-likeness (QED) is 0.450. The Balaban J connectivity index is 3.25. The van der Waals surface area contributed by atoms with Gasteiger partial charge >= 0.3 is 6.03 Å². The zero-order valence-electron chi connectivity index (χ0n) is 5.36. The first-order valence-corrected chi connectivity index (χ1v) is 2.32. The lowest BCUT2D eigenvalue weighted by Gasteiger charge is -2.09. The summed E-state index contributed by atoms with van der Waals surface area (Å²) in [4.78, 5) is 10.4. The fourth-order valence-corrected chi connectivity index (χ4v) is 0.259. The molecule has 4 heteroatoms. The van der Waals surface area contributed by atoms with Crippen LogP contribution in [0.2, 0.25) is 0 Å². The molecule has 0 radical (unpaired) electrons. The molecule has 0 aromatic heterocycles. The molecule has 0 bridgehead atoms. The average Bonchev–Trinajstić information content (AvgIpc) is 1.65. The van der Waals surface area contributed by atoms with Crippen LogP contribution in [0.15, 0.2) is 0 Å². The first-order chi connectivity index (χ1) is 3.66. The van der Waals surface area contributed by atoms with Crippen LogP contribution in [0, 0.1) is 0 Å². The number of urea groups is 1. The van der Waals surface area contributed by atoms with Crippen molar-refractivity contribution < 1.29 is 4.79 Å². The first kappa shape index (κ1) is 7.23. The predicted octanol–water partition coefficient (Wildman–Crippen LogP) is -0.608. The van der Waals surface area contributed by atoms with Crippen LogP contribution in [0.1, 0.15) is 0 Å². The lowest BCUT2D eigenvalue weighted by Crippen LogP contribution is -2.41. The molecule has 2 amide bonds. The van der Waals surface area contributed by atoms with Gasteiger partial charge in [0.25, 0.3) is 0 Å². The number of hydrogen-bond acceptors (Lipinski definition) is 2. The molecule has 0 rings (SSSR count). The molecule has 0 atom stereocenters. The summed E-state index contributed by atoms with van der Waals surface area (Å²) in [6.45, 7) is 0. The number of carbonyl (C=O) groups excluding carboxylic acids is 1. The van der Waals surface area contributed by atoms with Crippen molar-refractivity contribution >= 4 is 6.03 Å². The van der Waals surface area contributed by atoms with E-state index in [1.807, 2.05) is 0 Å². The molecule has 0 aliphatic carbocycles. The molecule has 2 N–H and O–H groups in total. The summed E-state index contributed by atoms with van der Waals surface area (Å²) < 4.78 is 0. The number of nitrogens with one attached hydrogen (secondary N) is 2. The van der Waals surface area contributed by atoms with Crippen LogP contribution >= 0.6 is 0 Å². The monoisotopic (exact) mass is 117 g/mol. The maximum Gasteiger partial charge on any atom is 0.329 e. The third-order valence-electron chi connectivity index (χ3n) is 0.552. The summed E-state index contributed by atoms with van der Waals surface area (Å²) in [5.74, 6) is 0. The van der Waals surface area contributed by atoms with Gasteiger partial charge in [-0.05, 0) is 0 Å². The van der Waals surface area contributed by atoms with Gasteiger partial charge in [0.1, 0.15) is 0 Å². The molecule has 0 aliphatic rings. The minimum Gasteiger partial charge on any atom is -0.340 e. The lowest BCUT2D eigenvalue weighted by atomic mass is 11.0. The van der Waals surface area contributed by atoms with Crippen LogP contribution < -0.4 is 10.7 Å². The highest BCUT2D eigenvalue weighted by Gasteiger charge is 1.92. The average molecular weight is 117 g/mol. The fraction of sp³-hybridized carbons (Fsp3) is 0.750. The van der Waals surface area contributed by atoms with E-state index < -0.39 is 0 Å². The van der Waals surface area contributed by atoms with E-state index in [-0.39, 0.29) is 6.03 Å². The smallest absolute Gasteiger partial charge is 0.329 e. The van der Waals surface area contributed by atoms with E-state index in [9.17, 15) is 4.79 Å². The minimum atomic E-state index is -0.199. The van der Waals surface area contributed by atoms with E-state index in [2.05, 4.69) is 10.7 Å². The molecule has 4 nitrogen and oxygen atoms in total. The Morgan fingerprint density at radius 1 is 1.50 bits per heavy atom. The summed E-state index contributed by atoms with van der Waals surface area (Å²) in [6, 6.07) is -0.199. The topological polar surface area (TPSA) is 44.4 Å². The third-order valence-corrected chi connectivity index (χ3v) is 0.552. The van der Waals surface area contributed by atoms with Crippen molar-refractivity contribution in [2.24, 2.45) is 0 Å². The van der Waals surface area contributed by atoms with Crippen LogP contribution in [-0.4, -0.2) is 32.2 Å². The highest BCUT2D eigenvalue weighted by molar-refractivity contribution is 5.72. The summed E-state index contributed by atoms with van der Waals surface area (Å²) in [7, 11) is 5.06. The van der Waals surface area contributed by atoms with Gasteiger partial charge in [-0.3, -0.25) is 5.43 Å². The second kappa shape index (κ2) is 3.26. The van der Waals surface area contributed by atoms with E-state index in [0.717, 1.165) is 0 Å². The Labute approximate surface area is 48.8 Å². The Hall–Kier alpha value is -0.770. The molecule has 0 fully saturated rings. The van der Waals surface area contributed by atoms with E-state index in [0.29, 0.717) is 0 Å². The zero-order chi connectivity index (χ0) is 6.57. The number of amides is 2. The van der Waals surface area contributed by atoms with Crippen molar-refractivity contribution in [1.29, 1.82) is 0 Å². The Morgan fingerprint density at radius 3 is 2.12 bits per heavy atom. The normalized spacial score (nSPS) is 9.00. The van der Waals surface area contributed by atoms with E-state index >= 15 is 0 Å². The van der Waals surface area contributed by atoms with Gasteiger partial charge in [0.15, 0.2) is 0 Å². The SMILES string of the molecule is CNC(=O)NN(C)C. The van der Waals surface area contributed by atoms with Crippen molar-refractivity contribution in [3.8, 4) is 0 Å². The predicted molar refractivity (Wildman–Crippen MR) is 31.3 cm³/mol. The van der Waals surface area contributed by atoms with Crippen LogP contribution in [0.4, 0.5) is 4.79 Å². The maximum absolute atomic E-state index is 10.4.